The van der Waals surface area contributed by atoms with Crippen molar-refractivity contribution in [3.63, 3.8) is 0 Å². The van der Waals surface area contributed by atoms with Gasteiger partial charge < -0.3 is 15.7 Å². The summed E-state index contributed by atoms with van der Waals surface area (Å²) in [4.78, 5) is 13.3. The zero-order chi connectivity index (χ0) is 22.8. The number of halogens is 3. The van der Waals surface area contributed by atoms with Crippen molar-refractivity contribution in [3.05, 3.63) is 53.2 Å². The third-order valence-electron chi connectivity index (χ3n) is 5.86. The van der Waals surface area contributed by atoms with E-state index in [-0.39, 0.29) is 17.7 Å². The van der Waals surface area contributed by atoms with Crippen molar-refractivity contribution < 1.29 is 18.3 Å². The van der Waals surface area contributed by atoms with Gasteiger partial charge in [-0.2, -0.15) is 0 Å². The molecule has 1 aliphatic rings. The predicted molar refractivity (Wildman–Crippen MR) is 117 cm³/mol. The Morgan fingerprint density at radius 3 is 2.53 bits per heavy atom. The number of aliphatic hydroxyl groups is 1. The first-order valence-corrected chi connectivity index (χ1v) is 10.7. The van der Waals surface area contributed by atoms with Crippen LogP contribution >= 0.6 is 0 Å². The van der Waals surface area contributed by atoms with Gasteiger partial charge in [0.05, 0.1) is 29.4 Å². The van der Waals surface area contributed by atoms with E-state index in [4.69, 9.17) is 0 Å². The molecule has 32 heavy (non-hydrogen) atoms. The van der Waals surface area contributed by atoms with E-state index in [0.717, 1.165) is 31.7 Å². The number of hydrogen-bond acceptors (Lipinski definition) is 6. The first-order chi connectivity index (χ1) is 15.3. The van der Waals surface area contributed by atoms with E-state index in [2.05, 4.69) is 25.6 Å². The Morgan fingerprint density at radius 1 is 1.09 bits per heavy atom. The summed E-state index contributed by atoms with van der Waals surface area (Å²) in [6, 6.07) is 5.46. The number of benzene rings is 1. The zero-order valence-corrected chi connectivity index (χ0v) is 17.9. The monoisotopic (exact) mass is 445 g/mol. The largest absolute Gasteiger partial charge is 0.393 e. The van der Waals surface area contributed by atoms with Crippen LogP contribution in [0.4, 0.5) is 24.8 Å². The van der Waals surface area contributed by atoms with Gasteiger partial charge in [-0.1, -0.05) is 18.2 Å². The molecule has 0 bridgehead atoms. The van der Waals surface area contributed by atoms with Gasteiger partial charge in [-0.25, -0.2) is 28.1 Å². The molecule has 0 amide bonds. The number of alkyl halides is 2. The second-order valence-corrected chi connectivity index (χ2v) is 8.27. The number of nitrogens with zero attached hydrogens (tertiary/aromatic N) is 3. The summed E-state index contributed by atoms with van der Waals surface area (Å²) in [6.07, 6.45) is 1.74. The van der Waals surface area contributed by atoms with Crippen LogP contribution in [0.1, 0.15) is 62.0 Å². The number of rotatable bonds is 6. The highest BCUT2D eigenvalue weighted by Crippen LogP contribution is 2.31. The highest BCUT2D eigenvalue weighted by molar-refractivity contribution is 5.90. The lowest BCUT2D eigenvalue weighted by Crippen LogP contribution is -2.28. The van der Waals surface area contributed by atoms with Crippen LogP contribution < -0.4 is 10.6 Å². The normalized spacial score (nSPS) is 19.8. The Kier molecular flexibility index (Phi) is 6.45. The number of anilines is 2. The maximum atomic E-state index is 14.6. The van der Waals surface area contributed by atoms with E-state index < -0.39 is 23.8 Å². The fourth-order valence-electron chi connectivity index (χ4n) is 4.12. The van der Waals surface area contributed by atoms with Crippen LogP contribution in [0.5, 0.6) is 0 Å². The molecular weight excluding hydrogens is 419 g/mol. The smallest absolute Gasteiger partial charge is 0.266 e. The second-order valence-electron chi connectivity index (χ2n) is 8.27. The highest BCUT2D eigenvalue weighted by atomic mass is 19.3. The molecule has 0 spiro atoms. The molecule has 1 aromatic carbocycles. The molecule has 9 heteroatoms. The third-order valence-corrected chi connectivity index (χ3v) is 5.86. The average Bonchev–Trinajstić information content (AvgIpc) is 2.75. The van der Waals surface area contributed by atoms with Gasteiger partial charge >= 0.3 is 0 Å². The van der Waals surface area contributed by atoms with Crippen LogP contribution in [0.3, 0.4) is 0 Å². The van der Waals surface area contributed by atoms with Crippen LogP contribution in [0.25, 0.3) is 10.9 Å². The molecule has 0 radical (unpaired) electrons. The summed E-state index contributed by atoms with van der Waals surface area (Å²) in [5, 5.41) is 17.0. The molecule has 1 fully saturated rings. The van der Waals surface area contributed by atoms with Gasteiger partial charge in [0.15, 0.2) is 0 Å². The van der Waals surface area contributed by atoms with Gasteiger partial charge in [0.1, 0.15) is 23.3 Å². The molecule has 3 N–H and O–H groups in total. The van der Waals surface area contributed by atoms with Gasteiger partial charge in [0, 0.05) is 17.0 Å². The minimum absolute atomic E-state index is 0.139. The summed E-state index contributed by atoms with van der Waals surface area (Å²) in [6.45, 7) is 3.44. The van der Waals surface area contributed by atoms with Crippen molar-refractivity contribution in [1.29, 1.82) is 0 Å². The number of nitrogens with one attached hydrogen (secondary N) is 2. The Balaban J connectivity index is 1.62. The van der Waals surface area contributed by atoms with E-state index in [9.17, 15) is 18.3 Å². The van der Waals surface area contributed by atoms with E-state index in [0.29, 0.717) is 28.4 Å². The molecule has 2 aromatic heterocycles. The first kappa shape index (κ1) is 22.3. The number of aliphatic hydroxyl groups excluding tert-OH is 1. The summed E-state index contributed by atoms with van der Waals surface area (Å²) in [5.74, 6) is 0.734. The Hall–Kier alpha value is -2.94. The fraction of sp³-hybridized carbons (Fsp3) is 0.435. The molecule has 0 unspecified atom stereocenters. The molecule has 1 saturated carbocycles. The maximum Gasteiger partial charge on any atom is 0.266 e. The molecular formula is C23H26F3N5O. The predicted octanol–water partition coefficient (Wildman–Crippen LogP) is 5.30. The lowest BCUT2D eigenvalue weighted by Gasteiger charge is -2.26. The minimum Gasteiger partial charge on any atom is -0.393 e. The zero-order valence-electron chi connectivity index (χ0n) is 17.9. The Labute approximate surface area is 184 Å². The highest BCUT2D eigenvalue weighted by Gasteiger charge is 2.22. The molecule has 6 nitrogen and oxygen atoms in total. The van der Waals surface area contributed by atoms with Crippen molar-refractivity contribution >= 4 is 22.5 Å². The van der Waals surface area contributed by atoms with E-state index >= 15 is 0 Å². The molecule has 1 atom stereocenters. The van der Waals surface area contributed by atoms with Crippen molar-refractivity contribution in [2.45, 2.75) is 64.1 Å². The Bertz CT molecular complexity index is 1100. The van der Waals surface area contributed by atoms with Crippen LogP contribution in [0.2, 0.25) is 0 Å². The molecule has 3 aromatic rings. The van der Waals surface area contributed by atoms with Gasteiger partial charge in [0.2, 0.25) is 0 Å². The summed E-state index contributed by atoms with van der Waals surface area (Å²) < 4.78 is 40.8. The SMILES string of the molecule is Cc1nc(N[C@H](C)c2cccc(C(F)F)c2F)c2cc(N[C@H]3CC[C@H](O)CC3)ncc2n1. The molecule has 0 saturated heterocycles. The number of aromatic nitrogens is 3. The lowest BCUT2D eigenvalue weighted by atomic mass is 9.93. The van der Waals surface area contributed by atoms with E-state index in [1.165, 1.54) is 12.1 Å². The first-order valence-electron chi connectivity index (χ1n) is 10.7. The van der Waals surface area contributed by atoms with Crippen LogP contribution in [-0.2, 0) is 0 Å². The van der Waals surface area contributed by atoms with Gasteiger partial charge in [-0.05, 0) is 45.6 Å². The van der Waals surface area contributed by atoms with Gasteiger partial charge in [-0.3, -0.25) is 0 Å². The quantitative estimate of drug-likeness (QED) is 0.478. The van der Waals surface area contributed by atoms with Gasteiger partial charge in [0.25, 0.3) is 6.43 Å². The minimum atomic E-state index is -2.88. The van der Waals surface area contributed by atoms with E-state index in [1.54, 1.807) is 20.0 Å². The number of hydrogen-bond donors (Lipinski definition) is 3. The van der Waals surface area contributed by atoms with Crippen LogP contribution in [0.15, 0.2) is 30.5 Å². The summed E-state index contributed by atoms with van der Waals surface area (Å²) in [5.41, 5.74) is 0.146. The Morgan fingerprint density at radius 2 is 1.81 bits per heavy atom. The van der Waals surface area contributed by atoms with Gasteiger partial charge in [-0.15, -0.1) is 0 Å². The molecule has 1 aliphatic carbocycles. The topological polar surface area (TPSA) is 83.0 Å². The number of fused-ring (bicyclic) bond motifs is 1. The summed E-state index contributed by atoms with van der Waals surface area (Å²) in [7, 11) is 0. The third kappa shape index (κ3) is 4.77. The molecule has 2 heterocycles. The fourth-order valence-corrected chi connectivity index (χ4v) is 4.12. The van der Waals surface area contributed by atoms with E-state index in [1.807, 2.05) is 6.07 Å². The molecule has 170 valence electrons. The average molecular weight is 445 g/mol. The lowest BCUT2D eigenvalue weighted by molar-refractivity contribution is 0.126. The van der Waals surface area contributed by atoms with Crippen molar-refractivity contribution in [2.24, 2.45) is 0 Å². The number of aryl methyl sites for hydroxylation is 1. The second kappa shape index (κ2) is 9.28. The van der Waals surface area contributed by atoms with Crippen LogP contribution in [0, 0.1) is 12.7 Å². The molecule has 0 aliphatic heterocycles. The van der Waals surface area contributed by atoms with Crippen LogP contribution in [-0.4, -0.2) is 32.2 Å². The van der Waals surface area contributed by atoms with Crippen molar-refractivity contribution in [3.8, 4) is 0 Å². The van der Waals surface area contributed by atoms with Crippen molar-refractivity contribution in [1.82, 2.24) is 15.0 Å². The standard InChI is InChI=1S/C23H26F3N5O/c1-12(16-4-3-5-17(21(16)24)22(25)26)28-23-18-10-20(27-11-19(18)29-13(2)30-23)31-14-6-8-15(32)9-7-14/h3-5,10-12,14-15,22,32H,6-9H2,1-2H3,(H,27,31)(H,28,29,30)/t12-,14-,15-/m1/s1. The van der Waals surface area contributed by atoms with Crippen molar-refractivity contribution in [2.75, 3.05) is 10.6 Å². The molecule has 4 rings (SSSR count). The summed E-state index contributed by atoms with van der Waals surface area (Å²) >= 11 is 0. The number of pyridine rings is 1. The maximum absolute atomic E-state index is 14.6.